The summed E-state index contributed by atoms with van der Waals surface area (Å²) >= 11 is 0. The number of guanidine groups is 1. The topological polar surface area (TPSA) is 86.9 Å². The zero-order valence-corrected chi connectivity index (χ0v) is 16.9. The standard InChI is InChI=1S/C18H32N4O3S/c1-4-15(3)20-18(19-11-8-17-7-6-14-25-17)21-16-9-12-22(13-10-16)26(23,24)5-2/h6-7,14-16H,4-5,8-13H2,1-3H3,(H2,19,20,21). The summed E-state index contributed by atoms with van der Waals surface area (Å²) < 4.78 is 30.9. The molecular formula is C18H32N4O3S. The molecular weight excluding hydrogens is 352 g/mol. The average Bonchev–Trinajstić information content (AvgIpc) is 3.15. The lowest BCUT2D eigenvalue weighted by Gasteiger charge is -2.32. The Morgan fingerprint density at radius 2 is 2.12 bits per heavy atom. The molecule has 1 atom stereocenters. The summed E-state index contributed by atoms with van der Waals surface area (Å²) in [4.78, 5) is 4.67. The molecule has 0 spiro atoms. The van der Waals surface area contributed by atoms with Crippen LogP contribution in [0.2, 0.25) is 0 Å². The second-order valence-corrected chi connectivity index (χ2v) is 8.99. The van der Waals surface area contributed by atoms with Crippen molar-refractivity contribution in [1.29, 1.82) is 0 Å². The van der Waals surface area contributed by atoms with Crippen LogP contribution in [0.3, 0.4) is 0 Å². The smallest absolute Gasteiger partial charge is 0.213 e. The lowest BCUT2D eigenvalue weighted by Crippen LogP contribution is -2.51. The second-order valence-electron chi connectivity index (χ2n) is 6.73. The zero-order chi connectivity index (χ0) is 19.0. The van der Waals surface area contributed by atoms with Gasteiger partial charge in [0.05, 0.1) is 12.0 Å². The Morgan fingerprint density at radius 1 is 1.38 bits per heavy atom. The van der Waals surface area contributed by atoms with Crippen LogP contribution in [0.15, 0.2) is 27.8 Å². The lowest BCUT2D eigenvalue weighted by molar-refractivity contribution is 0.306. The van der Waals surface area contributed by atoms with Crippen LogP contribution in [-0.2, 0) is 16.4 Å². The Hall–Kier alpha value is -1.54. The van der Waals surface area contributed by atoms with Crippen LogP contribution in [0, 0.1) is 0 Å². The molecule has 148 valence electrons. The highest BCUT2D eigenvalue weighted by molar-refractivity contribution is 7.89. The monoisotopic (exact) mass is 384 g/mol. The summed E-state index contributed by atoms with van der Waals surface area (Å²) in [6.45, 7) is 7.72. The van der Waals surface area contributed by atoms with Crippen LogP contribution in [0.25, 0.3) is 0 Å². The van der Waals surface area contributed by atoms with Gasteiger partial charge in [-0.15, -0.1) is 0 Å². The first-order chi connectivity index (χ1) is 12.4. The summed E-state index contributed by atoms with van der Waals surface area (Å²) in [7, 11) is -3.09. The fourth-order valence-electron chi connectivity index (χ4n) is 2.86. The van der Waals surface area contributed by atoms with Gasteiger partial charge in [-0.3, -0.25) is 4.99 Å². The van der Waals surface area contributed by atoms with Crippen LogP contribution in [-0.4, -0.2) is 56.2 Å². The zero-order valence-electron chi connectivity index (χ0n) is 16.1. The molecule has 1 aromatic heterocycles. The van der Waals surface area contributed by atoms with E-state index in [1.807, 2.05) is 12.1 Å². The molecule has 0 amide bonds. The molecule has 0 saturated carbocycles. The van der Waals surface area contributed by atoms with E-state index in [2.05, 4.69) is 29.5 Å². The molecule has 7 nitrogen and oxygen atoms in total. The first kappa shape index (κ1) is 20.8. The van der Waals surface area contributed by atoms with Gasteiger partial charge in [0.15, 0.2) is 5.96 Å². The van der Waals surface area contributed by atoms with E-state index in [-0.39, 0.29) is 11.8 Å². The Kier molecular flexibility index (Phi) is 7.96. The van der Waals surface area contributed by atoms with E-state index in [0.29, 0.717) is 25.7 Å². The highest BCUT2D eigenvalue weighted by atomic mass is 32.2. The van der Waals surface area contributed by atoms with Gasteiger partial charge in [0, 0.05) is 38.1 Å². The molecule has 26 heavy (non-hydrogen) atoms. The Balaban J connectivity index is 1.89. The van der Waals surface area contributed by atoms with E-state index in [1.165, 1.54) is 0 Å². The van der Waals surface area contributed by atoms with E-state index in [0.717, 1.165) is 37.4 Å². The van der Waals surface area contributed by atoms with Gasteiger partial charge in [-0.05, 0) is 45.2 Å². The quantitative estimate of drug-likeness (QED) is 0.529. The Labute approximate surface area is 157 Å². The molecule has 2 heterocycles. The van der Waals surface area contributed by atoms with Gasteiger partial charge in [0.2, 0.25) is 10.0 Å². The minimum atomic E-state index is -3.09. The number of nitrogens with one attached hydrogen (secondary N) is 2. The predicted molar refractivity (Wildman–Crippen MR) is 105 cm³/mol. The molecule has 0 aromatic carbocycles. The maximum absolute atomic E-state index is 12.0. The van der Waals surface area contributed by atoms with Gasteiger partial charge in [-0.2, -0.15) is 0 Å². The first-order valence-corrected chi connectivity index (χ1v) is 11.1. The minimum Gasteiger partial charge on any atom is -0.469 e. The van der Waals surface area contributed by atoms with Gasteiger partial charge in [0.25, 0.3) is 0 Å². The number of furan rings is 1. The summed E-state index contributed by atoms with van der Waals surface area (Å²) in [5.41, 5.74) is 0. The van der Waals surface area contributed by atoms with Crippen molar-refractivity contribution in [3.8, 4) is 0 Å². The first-order valence-electron chi connectivity index (χ1n) is 9.52. The highest BCUT2D eigenvalue weighted by Crippen LogP contribution is 2.14. The number of hydrogen-bond donors (Lipinski definition) is 2. The second kappa shape index (κ2) is 9.97. The average molecular weight is 385 g/mol. The molecule has 0 bridgehead atoms. The molecule has 1 fully saturated rings. The molecule has 2 N–H and O–H groups in total. The number of aliphatic imine (C=N–C) groups is 1. The summed E-state index contributed by atoms with van der Waals surface area (Å²) in [5, 5.41) is 6.90. The summed E-state index contributed by atoms with van der Waals surface area (Å²) in [6, 6.07) is 4.39. The molecule has 0 aliphatic carbocycles. The highest BCUT2D eigenvalue weighted by Gasteiger charge is 2.27. The van der Waals surface area contributed by atoms with E-state index in [1.54, 1.807) is 17.5 Å². The SMILES string of the molecule is CCC(C)NC(=NCCc1ccco1)NC1CCN(S(=O)(=O)CC)CC1. The minimum absolute atomic E-state index is 0.167. The van der Waals surface area contributed by atoms with Gasteiger partial charge in [-0.1, -0.05) is 6.92 Å². The van der Waals surface area contributed by atoms with Crippen molar-refractivity contribution in [3.63, 3.8) is 0 Å². The van der Waals surface area contributed by atoms with E-state index in [4.69, 9.17) is 4.42 Å². The van der Waals surface area contributed by atoms with E-state index < -0.39 is 10.0 Å². The summed E-state index contributed by atoms with van der Waals surface area (Å²) in [5.74, 6) is 1.89. The molecule has 0 radical (unpaired) electrons. The van der Waals surface area contributed by atoms with Crippen molar-refractivity contribution < 1.29 is 12.8 Å². The third-order valence-corrected chi connectivity index (χ3v) is 6.64. The van der Waals surface area contributed by atoms with Crippen molar-refractivity contribution in [2.24, 2.45) is 4.99 Å². The van der Waals surface area contributed by atoms with E-state index >= 15 is 0 Å². The van der Waals surface area contributed by atoms with Crippen molar-refractivity contribution in [1.82, 2.24) is 14.9 Å². The van der Waals surface area contributed by atoms with Crippen LogP contribution in [0.5, 0.6) is 0 Å². The normalized spacial score (nSPS) is 18.7. The Bertz CT molecular complexity index is 650. The molecule has 1 aliphatic heterocycles. The number of piperidine rings is 1. The summed E-state index contributed by atoms with van der Waals surface area (Å²) in [6.07, 6.45) is 5.02. The third-order valence-electron chi connectivity index (χ3n) is 4.76. The maximum atomic E-state index is 12.0. The number of sulfonamides is 1. The fourth-order valence-corrected chi connectivity index (χ4v) is 3.99. The molecule has 8 heteroatoms. The van der Waals surface area contributed by atoms with Crippen LogP contribution >= 0.6 is 0 Å². The number of hydrogen-bond acceptors (Lipinski definition) is 4. The van der Waals surface area contributed by atoms with Crippen LogP contribution < -0.4 is 10.6 Å². The van der Waals surface area contributed by atoms with Gasteiger partial charge in [-0.25, -0.2) is 12.7 Å². The van der Waals surface area contributed by atoms with Crippen LogP contribution in [0.4, 0.5) is 0 Å². The molecule has 1 aromatic rings. The number of nitrogens with zero attached hydrogens (tertiary/aromatic N) is 2. The fraction of sp³-hybridized carbons (Fsp3) is 0.722. The molecule has 2 rings (SSSR count). The molecule has 1 unspecified atom stereocenters. The van der Waals surface area contributed by atoms with E-state index in [9.17, 15) is 8.42 Å². The van der Waals surface area contributed by atoms with Crippen molar-refractivity contribution in [2.45, 2.75) is 58.5 Å². The van der Waals surface area contributed by atoms with Gasteiger partial charge >= 0.3 is 0 Å². The predicted octanol–water partition coefficient (Wildman–Crippen LogP) is 1.97. The van der Waals surface area contributed by atoms with Crippen molar-refractivity contribution in [3.05, 3.63) is 24.2 Å². The van der Waals surface area contributed by atoms with Gasteiger partial charge < -0.3 is 15.1 Å². The largest absolute Gasteiger partial charge is 0.469 e. The van der Waals surface area contributed by atoms with Gasteiger partial charge in [0.1, 0.15) is 5.76 Å². The number of rotatable bonds is 8. The Morgan fingerprint density at radius 3 is 2.69 bits per heavy atom. The lowest BCUT2D eigenvalue weighted by atomic mass is 10.1. The van der Waals surface area contributed by atoms with Crippen LogP contribution in [0.1, 0.15) is 45.8 Å². The van der Waals surface area contributed by atoms with Crippen molar-refractivity contribution >= 4 is 16.0 Å². The molecule has 1 aliphatic rings. The third kappa shape index (κ3) is 6.32. The maximum Gasteiger partial charge on any atom is 0.213 e. The van der Waals surface area contributed by atoms with Crippen molar-refractivity contribution in [2.75, 3.05) is 25.4 Å². The molecule has 1 saturated heterocycles.